The molecule has 1 aliphatic heterocycles. The van der Waals surface area contributed by atoms with Gasteiger partial charge in [-0.1, -0.05) is 48.9 Å². The van der Waals surface area contributed by atoms with Crippen molar-refractivity contribution in [3.63, 3.8) is 0 Å². The van der Waals surface area contributed by atoms with Crippen LogP contribution in [0.25, 0.3) is 6.08 Å². The molecule has 0 amide bonds. The third-order valence-electron chi connectivity index (χ3n) is 5.55. The number of nitrogens with one attached hydrogen (secondary N) is 1. The van der Waals surface area contributed by atoms with Crippen LogP contribution in [0.3, 0.4) is 0 Å². The SMILES string of the molecule is CC/C(=C\c1ccccc1)[C@@H]1C[C@H]1NCC1(CN)CCOCC1. The minimum atomic E-state index is 0.251. The molecule has 3 nitrogen and oxygen atoms in total. The molecule has 0 spiro atoms. The lowest BCUT2D eigenvalue weighted by atomic mass is 9.80. The van der Waals surface area contributed by atoms with E-state index in [0.29, 0.717) is 12.0 Å². The molecule has 1 aliphatic carbocycles. The van der Waals surface area contributed by atoms with Gasteiger partial charge >= 0.3 is 0 Å². The van der Waals surface area contributed by atoms with Crippen molar-refractivity contribution < 1.29 is 4.74 Å². The lowest BCUT2D eigenvalue weighted by Gasteiger charge is -2.36. The van der Waals surface area contributed by atoms with Gasteiger partial charge in [0.2, 0.25) is 0 Å². The third-order valence-corrected chi connectivity index (χ3v) is 5.55. The van der Waals surface area contributed by atoms with E-state index >= 15 is 0 Å². The van der Waals surface area contributed by atoms with Crippen LogP contribution in [0.15, 0.2) is 35.9 Å². The van der Waals surface area contributed by atoms with E-state index in [1.165, 1.54) is 12.0 Å². The Bertz CT molecular complexity index is 520. The second kappa shape index (κ2) is 7.61. The highest BCUT2D eigenvalue weighted by Crippen LogP contribution is 2.40. The average molecular weight is 314 g/mol. The maximum absolute atomic E-state index is 6.06. The van der Waals surface area contributed by atoms with Crippen molar-refractivity contribution in [2.45, 2.75) is 38.6 Å². The number of rotatable bonds is 7. The molecule has 0 radical (unpaired) electrons. The molecule has 1 aromatic rings. The van der Waals surface area contributed by atoms with E-state index in [1.807, 2.05) is 0 Å². The Morgan fingerprint density at radius 3 is 2.70 bits per heavy atom. The highest BCUT2D eigenvalue weighted by molar-refractivity contribution is 5.54. The van der Waals surface area contributed by atoms with Crippen molar-refractivity contribution >= 4 is 6.08 Å². The summed E-state index contributed by atoms with van der Waals surface area (Å²) >= 11 is 0. The van der Waals surface area contributed by atoms with Crippen LogP contribution in [0.2, 0.25) is 0 Å². The van der Waals surface area contributed by atoms with Crippen LogP contribution in [-0.2, 0) is 4.74 Å². The molecule has 0 unspecified atom stereocenters. The Kier molecular flexibility index (Phi) is 5.52. The molecule has 23 heavy (non-hydrogen) atoms. The summed E-state index contributed by atoms with van der Waals surface area (Å²) in [6, 6.07) is 11.3. The Hall–Kier alpha value is -1.16. The maximum Gasteiger partial charge on any atom is 0.0472 e. The van der Waals surface area contributed by atoms with E-state index in [0.717, 1.165) is 45.6 Å². The van der Waals surface area contributed by atoms with Gasteiger partial charge in [0.1, 0.15) is 0 Å². The molecule has 2 fully saturated rings. The molecule has 1 heterocycles. The minimum Gasteiger partial charge on any atom is -0.381 e. The summed E-state index contributed by atoms with van der Waals surface area (Å²) in [6.07, 6.45) is 6.96. The first-order valence-electron chi connectivity index (χ1n) is 9.03. The highest BCUT2D eigenvalue weighted by atomic mass is 16.5. The monoisotopic (exact) mass is 314 g/mol. The van der Waals surface area contributed by atoms with Gasteiger partial charge in [-0.3, -0.25) is 0 Å². The number of nitrogens with two attached hydrogens (primary N) is 1. The van der Waals surface area contributed by atoms with Gasteiger partial charge in [-0.2, -0.15) is 0 Å². The zero-order valence-electron chi connectivity index (χ0n) is 14.3. The third kappa shape index (κ3) is 4.23. The first kappa shape index (κ1) is 16.7. The molecule has 3 N–H and O–H groups in total. The molecular formula is C20H30N2O. The Morgan fingerprint density at radius 1 is 1.30 bits per heavy atom. The van der Waals surface area contributed by atoms with Crippen LogP contribution < -0.4 is 11.1 Å². The van der Waals surface area contributed by atoms with Crippen LogP contribution in [0.1, 0.15) is 38.2 Å². The van der Waals surface area contributed by atoms with Crippen molar-refractivity contribution in [3.8, 4) is 0 Å². The van der Waals surface area contributed by atoms with Gasteiger partial charge in [-0.25, -0.2) is 0 Å². The van der Waals surface area contributed by atoms with Crippen LogP contribution in [0.5, 0.6) is 0 Å². The molecule has 3 rings (SSSR count). The zero-order valence-corrected chi connectivity index (χ0v) is 14.3. The van der Waals surface area contributed by atoms with Crippen LogP contribution in [0, 0.1) is 11.3 Å². The van der Waals surface area contributed by atoms with Crippen molar-refractivity contribution in [1.82, 2.24) is 5.32 Å². The second-order valence-electron chi connectivity index (χ2n) is 7.13. The van der Waals surface area contributed by atoms with Gasteiger partial charge in [-0.15, -0.1) is 0 Å². The molecule has 3 heteroatoms. The summed E-state index contributed by atoms with van der Waals surface area (Å²) in [5.41, 5.74) is 9.20. The fourth-order valence-electron chi connectivity index (χ4n) is 3.67. The summed E-state index contributed by atoms with van der Waals surface area (Å²) in [4.78, 5) is 0. The van der Waals surface area contributed by atoms with Gasteiger partial charge in [0.15, 0.2) is 0 Å². The molecule has 0 bridgehead atoms. The molecule has 0 aromatic heterocycles. The normalized spacial score (nSPS) is 27.0. The highest BCUT2D eigenvalue weighted by Gasteiger charge is 2.41. The number of hydrogen-bond acceptors (Lipinski definition) is 3. The predicted octanol–water partition coefficient (Wildman–Crippen LogP) is 3.21. The topological polar surface area (TPSA) is 47.3 Å². The fraction of sp³-hybridized carbons (Fsp3) is 0.600. The molecular weight excluding hydrogens is 284 g/mol. The van der Waals surface area contributed by atoms with Gasteiger partial charge in [0, 0.05) is 25.8 Å². The lowest BCUT2D eigenvalue weighted by Crippen LogP contribution is -2.45. The summed E-state index contributed by atoms with van der Waals surface area (Å²) in [6.45, 7) is 5.80. The number of benzene rings is 1. The molecule has 126 valence electrons. The molecule has 1 saturated carbocycles. The smallest absolute Gasteiger partial charge is 0.0472 e. The quantitative estimate of drug-likeness (QED) is 0.812. The number of hydrogen-bond donors (Lipinski definition) is 2. The summed E-state index contributed by atoms with van der Waals surface area (Å²) in [5.74, 6) is 0.704. The van der Waals surface area contributed by atoms with E-state index in [4.69, 9.17) is 10.5 Å². The standard InChI is InChI=1S/C20H30N2O/c1-2-17(12-16-6-4-3-5-7-16)18-13-19(18)22-15-20(14-21)8-10-23-11-9-20/h3-7,12,18-19,22H,2,8-11,13-15,21H2,1H3/b17-12+/t18-,19+/m0/s1. The molecule has 2 aliphatic rings. The summed E-state index contributed by atoms with van der Waals surface area (Å²) in [5, 5.41) is 3.79. The van der Waals surface area contributed by atoms with Crippen molar-refractivity contribution in [1.29, 1.82) is 0 Å². The zero-order chi connectivity index (χ0) is 16.1. The first-order valence-corrected chi connectivity index (χ1v) is 9.03. The van der Waals surface area contributed by atoms with E-state index in [2.05, 4.69) is 48.6 Å². The average Bonchev–Trinajstić information content (AvgIpc) is 3.39. The summed E-state index contributed by atoms with van der Waals surface area (Å²) < 4.78 is 5.50. The second-order valence-corrected chi connectivity index (χ2v) is 7.13. The van der Waals surface area contributed by atoms with E-state index in [1.54, 1.807) is 5.57 Å². The van der Waals surface area contributed by atoms with Crippen molar-refractivity contribution in [3.05, 3.63) is 41.5 Å². The van der Waals surface area contributed by atoms with E-state index in [9.17, 15) is 0 Å². The van der Waals surface area contributed by atoms with E-state index < -0.39 is 0 Å². The fourth-order valence-corrected chi connectivity index (χ4v) is 3.67. The van der Waals surface area contributed by atoms with Gasteiger partial charge < -0.3 is 15.8 Å². The Morgan fingerprint density at radius 2 is 2.04 bits per heavy atom. The molecule has 1 aromatic carbocycles. The predicted molar refractivity (Wildman–Crippen MR) is 96.1 cm³/mol. The van der Waals surface area contributed by atoms with Crippen LogP contribution in [0.4, 0.5) is 0 Å². The number of ether oxygens (including phenoxy) is 1. The van der Waals surface area contributed by atoms with Gasteiger partial charge in [0.25, 0.3) is 0 Å². The van der Waals surface area contributed by atoms with E-state index in [-0.39, 0.29) is 5.41 Å². The minimum absolute atomic E-state index is 0.251. The van der Waals surface area contributed by atoms with Crippen LogP contribution in [-0.4, -0.2) is 32.3 Å². The van der Waals surface area contributed by atoms with Crippen LogP contribution >= 0.6 is 0 Å². The molecule has 1 saturated heterocycles. The van der Waals surface area contributed by atoms with Crippen molar-refractivity contribution in [2.24, 2.45) is 17.1 Å². The van der Waals surface area contributed by atoms with Crippen molar-refractivity contribution in [2.75, 3.05) is 26.3 Å². The Balaban J connectivity index is 1.55. The lowest BCUT2D eigenvalue weighted by molar-refractivity contribution is 0.0190. The maximum atomic E-state index is 6.06. The van der Waals surface area contributed by atoms with Gasteiger partial charge in [0.05, 0.1) is 0 Å². The van der Waals surface area contributed by atoms with Gasteiger partial charge in [-0.05, 0) is 49.1 Å². The largest absolute Gasteiger partial charge is 0.381 e. The first-order chi connectivity index (χ1) is 11.3. The molecule has 2 atom stereocenters. The Labute approximate surface area is 140 Å². The summed E-state index contributed by atoms with van der Waals surface area (Å²) in [7, 11) is 0.